The topological polar surface area (TPSA) is 95.7 Å². The monoisotopic (exact) mass is 475 g/mol. The Morgan fingerprint density at radius 2 is 1.86 bits per heavy atom. The number of hydrogen-bond acceptors (Lipinski definition) is 7. The van der Waals surface area contributed by atoms with E-state index in [0.29, 0.717) is 5.02 Å². The average Bonchev–Trinajstić information content (AvgIpc) is 2.86. The van der Waals surface area contributed by atoms with Crippen molar-refractivity contribution in [1.29, 1.82) is 0 Å². The fraction of sp³-hybridized carbons (Fsp3) is 0. The summed E-state index contributed by atoms with van der Waals surface area (Å²) in [7, 11) is 0. The van der Waals surface area contributed by atoms with Crippen molar-refractivity contribution in [3.63, 3.8) is 0 Å². The van der Waals surface area contributed by atoms with Crippen molar-refractivity contribution in [1.82, 2.24) is 5.01 Å². The molecule has 1 fully saturated rings. The van der Waals surface area contributed by atoms with Gasteiger partial charge < -0.3 is 5.11 Å². The Labute approximate surface area is 183 Å². The van der Waals surface area contributed by atoms with Gasteiger partial charge >= 0.3 is 0 Å². The molecule has 0 radical (unpaired) electrons. The second-order valence-corrected chi connectivity index (χ2v) is 8.30. The molecule has 1 aliphatic rings. The van der Waals surface area contributed by atoms with Crippen molar-refractivity contribution < 1.29 is 14.8 Å². The summed E-state index contributed by atoms with van der Waals surface area (Å²) < 4.78 is 0.156. The summed E-state index contributed by atoms with van der Waals surface area (Å²) in [6, 6.07) is 6.39. The first-order chi connectivity index (χ1) is 13.2. The highest BCUT2D eigenvalue weighted by molar-refractivity contribution is 8.26. The number of carbonyl (C=O) groups excluding carboxylic acids is 1. The van der Waals surface area contributed by atoms with Crippen molar-refractivity contribution in [2.24, 2.45) is 0 Å². The molecule has 0 spiro atoms. The Balaban J connectivity index is 1.92. The average molecular weight is 477 g/mol. The molecule has 0 bridgehead atoms. The third-order valence-corrected chi connectivity index (χ3v) is 5.65. The summed E-state index contributed by atoms with van der Waals surface area (Å²) in [4.78, 5) is 23.2. The summed E-state index contributed by atoms with van der Waals surface area (Å²) >= 11 is 24.2. The molecule has 1 heterocycles. The number of hydrazine groups is 1. The maximum atomic E-state index is 12.7. The van der Waals surface area contributed by atoms with E-state index < -0.39 is 10.8 Å². The van der Waals surface area contributed by atoms with Gasteiger partial charge in [-0.25, -0.2) is 5.01 Å². The summed E-state index contributed by atoms with van der Waals surface area (Å²) in [6.07, 6.45) is 1.31. The second-order valence-electron chi connectivity index (χ2n) is 5.37. The number of carbonyl (C=O) groups is 1. The first-order valence-electron chi connectivity index (χ1n) is 7.34. The number of nitro groups is 1. The van der Waals surface area contributed by atoms with Crippen molar-refractivity contribution in [2.45, 2.75) is 0 Å². The molecule has 0 unspecified atom stereocenters. The van der Waals surface area contributed by atoms with Crippen molar-refractivity contribution >= 4 is 86.5 Å². The van der Waals surface area contributed by atoms with Crippen molar-refractivity contribution in [3.8, 4) is 5.75 Å². The molecule has 12 heteroatoms. The molecular weight excluding hydrogens is 469 g/mol. The summed E-state index contributed by atoms with van der Waals surface area (Å²) in [5.41, 5.74) is 2.88. The number of nitrogens with zero attached hydrogens (tertiary/aromatic N) is 2. The molecule has 0 aliphatic carbocycles. The predicted octanol–water partition coefficient (Wildman–Crippen LogP) is 5.49. The largest absolute Gasteiger partial charge is 0.507 e. The number of phenols is 1. The van der Waals surface area contributed by atoms with E-state index in [-0.39, 0.29) is 42.0 Å². The van der Waals surface area contributed by atoms with Gasteiger partial charge in [-0.1, -0.05) is 46.6 Å². The van der Waals surface area contributed by atoms with E-state index in [1.54, 1.807) is 0 Å². The minimum absolute atomic E-state index is 0.109. The van der Waals surface area contributed by atoms with Crippen LogP contribution in [0.1, 0.15) is 5.56 Å². The lowest BCUT2D eigenvalue weighted by Gasteiger charge is -2.19. The van der Waals surface area contributed by atoms with Gasteiger partial charge in [0.1, 0.15) is 5.75 Å². The molecule has 144 valence electrons. The third kappa shape index (κ3) is 4.18. The smallest absolute Gasteiger partial charge is 0.285 e. The van der Waals surface area contributed by atoms with Crippen LogP contribution < -0.4 is 5.43 Å². The molecule has 1 saturated heterocycles. The van der Waals surface area contributed by atoms with Gasteiger partial charge in [0.2, 0.25) is 0 Å². The predicted molar refractivity (Wildman–Crippen MR) is 115 cm³/mol. The van der Waals surface area contributed by atoms with E-state index in [1.165, 1.54) is 24.3 Å². The lowest BCUT2D eigenvalue weighted by Crippen LogP contribution is -2.34. The number of non-ortho nitro benzene ring substituents is 1. The Hall–Kier alpha value is -2.04. The highest BCUT2D eigenvalue weighted by atomic mass is 35.5. The van der Waals surface area contributed by atoms with Gasteiger partial charge in [-0.3, -0.25) is 20.3 Å². The number of anilines is 1. The Bertz CT molecular complexity index is 1040. The molecule has 2 N–H and O–H groups in total. The molecule has 0 atom stereocenters. The zero-order valence-electron chi connectivity index (χ0n) is 13.5. The van der Waals surface area contributed by atoms with Gasteiger partial charge in [0.25, 0.3) is 11.6 Å². The van der Waals surface area contributed by atoms with Crippen LogP contribution in [-0.4, -0.2) is 25.3 Å². The Morgan fingerprint density at radius 1 is 1.21 bits per heavy atom. The van der Waals surface area contributed by atoms with Crippen LogP contribution in [0.25, 0.3) is 6.08 Å². The number of thiocarbonyl (C=S) groups is 1. The zero-order valence-corrected chi connectivity index (χ0v) is 17.4. The number of aromatic hydroxyl groups is 1. The number of benzene rings is 2. The molecule has 3 rings (SSSR count). The van der Waals surface area contributed by atoms with E-state index in [0.717, 1.165) is 28.9 Å². The van der Waals surface area contributed by atoms with Gasteiger partial charge in [0.05, 0.1) is 25.6 Å². The summed E-state index contributed by atoms with van der Waals surface area (Å²) in [5, 5.41) is 22.6. The summed E-state index contributed by atoms with van der Waals surface area (Å²) in [5.74, 6) is -0.754. The molecular formula is C16H8Cl3N3O4S2. The molecule has 7 nitrogen and oxygen atoms in total. The number of halogens is 3. The molecule has 0 saturated carbocycles. The van der Waals surface area contributed by atoms with Crippen LogP contribution in [0.4, 0.5) is 11.4 Å². The minimum Gasteiger partial charge on any atom is -0.507 e. The lowest BCUT2D eigenvalue weighted by molar-refractivity contribution is -0.384. The van der Waals surface area contributed by atoms with E-state index in [1.807, 2.05) is 0 Å². The Morgan fingerprint density at radius 3 is 2.46 bits per heavy atom. The van der Waals surface area contributed by atoms with Crippen LogP contribution in [0.2, 0.25) is 15.1 Å². The van der Waals surface area contributed by atoms with Gasteiger partial charge in [-0.05, 0) is 36.5 Å². The number of thioether (sulfide) groups is 1. The van der Waals surface area contributed by atoms with Crippen LogP contribution in [-0.2, 0) is 4.79 Å². The SMILES string of the molecule is O=C1/C(=C\c2cc([N+](=O)[O-])ccc2O)SC(=S)N1Nc1c(Cl)cc(Cl)cc1Cl. The first kappa shape index (κ1) is 20.7. The van der Waals surface area contributed by atoms with E-state index in [9.17, 15) is 20.0 Å². The van der Waals surface area contributed by atoms with E-state index >= 15 is 0 Å². The van der Waals surface area contributed by atoms with E-state index in [4.69, 9.17) is 47.0 Å². The van der Waals surface area contributed by atoms with E-state index in [2.05, 4.69) is 5.43 Å². The molecule has 28 heavy (non-hydrogen) atoms. The first-order valence-corrected chi connectivity index (χ1v) is 9.70. The van der Waals surface area contributed by atoms with Crippen molar-refractivity contribution in [3.05, 3.63) is 66.0 Å². The minimum atomic E-state index is -0.603. The van der Waals surface area contributed by atoms with Gasteiger partial charge in [-0.15, -0.1) is 0 Å². The number of hydrogen-bond donors (Lipinski definition) is 2. The lowest BCUT2D eigenvalue weighted by atomic mass is 10.1. The molecule has 2 aromatic rings. The summed E-state index contributed by atoms with van der Waals surface area (Å²) in [6.45, 7) is 0. The second kappa shape index (κ2) is 8.14. The normalized spacial score (nSPS) is 15.4. The highest BCUT2D eigenvalue weighted by Crippen LogP contribution is 2.38. The molecule has 0 aromatic heterocycles. The van der Waals surface area contributed by atoms with Crippen LogP contribution >= 0.6 is 58.8 Å². The van der Waals surface area contributed by atoms with Gasteiger partial charge in [0, 0.05) is 22.7 Å². The highest BCUT2D eigenvalue weighted by Gasteiger charge is 2.33. The van der Waals surface area contributed by atoms with Crippen LogP contribution in [0, 0.1) is 10.1 Å². The zero-order chi connectivity index (χ0) is 20.6. The van der Waals surface area contributed by atoms with Crippen LogP contribution in [0.15, 0.2) is 35.2 Å². The number of phenolic OH excluding ortho intramolecular Hbond substituents is 1. The van der Waals surface area contributed by atoms with Crippen molar-refractivity contribution in [2.75, 3.05) is 5.43 Å². The maximum absolute atomic E-state index is 12.7. The maximum Gasteiger partial charge on any atom is 0.285 e. The standard InChI is InChI=1S/C16H8Cl3N3O4S2/c17-8-5-10(18)14(11(19)6-8)20-21-15(24)13(28-16(21)27)4-7-3-9(22(25)26)1-2-12(7)23/h1-6,20,23H/b13-4+. The van der Waals surface area contributed by atoms with Crippen LogP contribution in [0.5, 0.6) is 5.75 Å². The van der Waals surface area contributed by atoms with Gasteiger partial charge in [-0.2, -0.15) is 0 Å². The number of nitrogens with one attached hydrogen (secondary N) is 1. The molecule has 2 aromatic carbocycles. The van der Waals surface area contributed by atoms with Gasteiger partial charge in [0.15, 0.2) is 4.32 Å². The number of nitro benzene ring substituents is 1. The quantitative estimate of drug-likeness (QED) is 0.261. The fourth-order valence-electron chi connectivity index (χ4n) is 2.24. The number of amides is 1. The third-order valence-electron chi connectivity index (χ3n) is 3.53. The van der Waals surface area contributed by atoms with Crippen LogP contribution in [0.3, 0.4) is 0 Å². The number of rotatable bonds is 4. The fourth-order valence-corrected chi connectivity index (χ4v) is 4.31. The Kier molecular flexibility index (Phi) is 6.01. The molecule has 1 aliphatic heterocycles. The molecule has 1 amide bonds.